The maximum absolute atomic E-state index is 11.4. The average molecular weight is 298 g/mol. The highest BCUT2D eigenvalue weighted by molar-refractivity contribution is 5.75. The Morgan fingerprint density at radius 3 is 2.68 bits per heavy atom. The summed E-state index contributed by atoms with van der Waals surface area (Å²) >= 11 is 0. The number of rotatable bonds is 6. The molecule has 0 bridgehead atoms. The van der Waals surface area contributed by atoms with Gasteiger partial charge in [-0.1, -0.05) is 43.7 Å². The number of phenols is 1. The number of carbonyl (C=O) groups excluding carboxylic acids is 1. The minimum absolute atomic E-state index is 0.237. The van der Waals surface area contributed by atoms with Gasteiger partial charge in [-0.25, -0.2) is 0 Å². The monoisotopic (exact) mass is 298 g/mol. The number of hydrogen-bond acceptors (Lipinski definition) is 3. The number of hydrogen-bond donors (Lipinski definition) is 1. The first kappa shape index (κ1) is 16.1. The SMILES string of the molecule is CCCCc1ccc(O)c(-c2cccc(CC(=O)OC)c2)c1. The lowest BCUT2D eigenvalue weighted by molar-refractivity contribution is -0.139. The van der Waals surface area contributed by atoms with Crippen LogP contribution in [0.5, 0.6) is 5.75 Å². The molecule has 0 heterocycles. The van der Waals surface area contributed by atoms with Crippen LogP contribution in [-0.2, 0) is 22.4 Å². The van der Waals surface area contributed by atoms with Gasteiger partial charge in [-0.2, -0.15) is 0 Å². The first-order valence-electron chi connectivity index (χ1n) is 7.62. The smallest absolute Gasteiger partial charge is 0.309 e. The Morgan fingerprint density at radius 2 is 1.95 bits per heavy atom. The summed E-state index contributed by atoms with van der Waals surface area (Å²) < 4.78 is 4.70. The maximum atomic E-state index is 11.4. The number of methoxy groups -OCH3 is 1. The minimum atomic E-state index is -0.266. The Kier molecular flexibility index (Phi) is 5.59. The van der Waals surface area contributed by atoms with Gasteiger partial charge in [-0.15, -0.1) is 0 Å². The highest BCUT2D eigenvalue weighted by atomic mass is 16.5. The molecule has 22 heavy (non-hydrogen) atoms. The van der Waals surface area contributed by atoms with E-state index in [4.69, 9.17) is 4.74 Å². The Balaban J connectivity index is 2.30. The number of phenolic OH excluding ortho intramolecular Hbond substituents is 1. The summed E-state index contributed by atoms with van der Waals surface area (Å²) in [6, 6.07) is 13.4. The van der Waals surface area contributed by atoms with Crippen LogP contribution >= 0.6 is 0 Å². The molecular weight excluding hydrogens is 276 g/mol. The molecule has 0 spiro atoms. The van der Waals surface area contributed by atoms with Gasteiger partial charge in [0, 0.05) is 5.56 Å². The normalized spacial score (nSPS) is 10.5. The molecule has 0 amide bonds. The minimum Gasteiger partial charge on any atom is -0.507 e. The molecule has 116 valence electrons. The van der Waals surface area contributed by atoms with Crippen molar-refractivity contribution in [3.05, 3.63) is 53.6 Å². The second-order valence-electron chi connectivity index (χ2n) is 5.41. The van der Waals surface area contributed by atoms with Gasteiger partial charge in [0.25, 0.3) is 0 Å². The Labute approximate surface area is 131 Å². The first-order valence-corrected chi connectivity index (χ1v) is 7.62. The molecule has 0 aliphatic carbocycles. The van der Waals surface area contributed by atoms with Crippen LogP contribution < -0.4 is 0 Å². The number of aromatic hydroxyl groups is 1. The maximum Gasteiger partial charge on any atom is 0.309 e. The van der Waals surface area contributed by atoms with Crippen LogP contribution in [0.1, 0.15) is 30.9 Å². The van der Waals surface area contributed by atoms with Crippen molar-refractivity contribution >= 4 is 5.97 Å². The zero-order valence-electron chi connectivity index (χ0n) is 13.1. The van der Waals surface area contributed by atoms with Gasteiger partial charge >= 0.3 is 5.97 Å². The molecule has 0 atom stereocenters. The molecule has 2 rings (SSSR count). The molecule has 0 aliphatic heterocycles. The van der Waals surface area contributed by atoms with Crippen molar-refractivity contribution in [2.45, 2.75) is 32.6 Å². The molecular formula is C19H22O3. The van der Waals surface area contributed by atoms with Gasteiger partial charge in [0.1, 0.15) is 5.75 Å². The number of aryl methyl sites for hydroxylation is 1. The van der Waals surface area contributed by atoms with Crippen LogP contribution in [0.4, 0.5) is 0 Å². The van der Waals surface area contributed by atoms with Crippen molar-refractivity contribution in [3.8, 4) is 16.9 Å². The second kappa shape index (κ2) is 7.64. The summed E-state index contributed by atoms with van der Waals surface area (Å²) in [6.45, 7) is 2.16. The molecule has 0 saturated carbocycles. The number of carbonyl (C=O) groups is 1. The van der Waals surface area contributed by atoms with Gasteiger partial charge in [0.2, 0.25) is 0 Å². The van der Waals surface area contributed by atoms with Crippen LogP contribution in [0.2, 0.25) is 0 Å². The van der Waals surface area contributed by atoms with E-state index in [1.807, 2.05) is 36.4 Å². The molecule has 0 aromatic heterocycles. The Morgan fingerprint density at radius 1 is 1.14 bits per heavy atom. The van der Waals surface area contributed by atoms with Gasteiger partial charge in [0.05, 0.1) is 13.5 Å². The Hall–Kier alpha value is -2.29. The van der Waals surface area contributed by atoms with Gasteiger partial charge in [-0.05, 0) is 41.7 Å². The van der Waals surface area contributed by atoms with Crippen LogP contribution in [0.3, 0.4) is 0 Å². The fourth-order valence-electron chi connectivity index (χ4n) is 2.44. The first-order chi connectivity index (χ1) is 10.6. The van der Waals surface area contributed by atoms with E-state index in [2.05, 4.69) is 6.92 Å². The third-order valence-corrected chi connectivity index (χ3v) is 3.69. The molecule has 2 aromatic rings. The van der Waals surface area contributed by atoms with E-state index in [0.29, 0.717) is 0 Å². The number of esters is 1. The summed E-state index contributed by atoms with van der Waals surface area (Å²) in [7, 11) is 1.38. The lowest BCUT2D eigenvalue weighted by Crippen LogP contribution is -2.04. The summed E-state index contributed by atoms with van der Waals surface area (Å²) in [5.74, 6) is -0.00599. The van der Waals surface area contributed by atoms with E-state index in [1.54, 1.807) is 6.07 Å². The number of unbranched alkanes of at least 4 members (excludes halogenated alkanes) is 1. The molecule has 1 N–H and O–H groups in total. The molecule has 3 nitrogen and oxygen atoms in total. The van der Waals surface area contributed by atoms with Crippen LogP contribution in [0.25, 0.3) is 11.1 Å². The van der Waals surface area contributed by atoms with Gasteiger partial charge in [0.15, 0.2) is 0 Å². The molecule has 3 heteroatoms. The lowest BCUT2D eigenvalue weighted by atomic mass is 9.97. The summed E-state index contributed by atoms with van der Waals surface area (Å²) in [6.07, 6.45) is 3.52. The van der Waals surface area contributed by atoms with Crippen molar-refractivity contribution in [2.24, 2.45) is 0 Å². The van der Waals surface area contributed by atoms with E-state index in [1.165, 1.54) is 12.7 Å². The van der Waals surface area contributed by atoms with E-state index in [9.17, 15) is 9.90 Å². The molecule has 0 aliphatic rings. The predicted molar refractivity (Wildman–Crippen MR) is 87.9 cm³/mol. The van der Waals surface area contributed by atoms with E-state index in [0.717, 1.165) is 36.0 Å². The highest BCUT2D eigenvalue weighted by Crippen LogP contribution is 2.31. The van der Waals surface area contributed by atoms with Crippen molar-refractivity contribution < 1.29 is 14.6 Å². The zero-order chi connectivity index (χ0) is 15.9. The van der Waals surface area contributed by atoms with Crippen molar-refractivity contribution in [1.82, 2.24) is 0 Å². The molecule has 0 saturated heterocycles. The molecule has 0 unspecified atom stereocenters. The van der Waals surface area contributed by atoms with Crippen molar-refractivity contribution in [1.29, 1.82) is 0 Å². The van der Waals surface area contributed by atoms with Gasteiger partial charge in [-0.3, -0.25) is 4.79 Å². The van der Waals surface area contributed by atoms with E-state index < -0.39 is 0 Å². The number of ether oxygens (including phenoxy) is 1. The molecule has 0 radical (unpaired) electrons. The zero-order valence-corrected chi connectivity index (χ0v) is 13.1. The Bertz CT molecular complexity index is 647. The van der Waals surface area contributed by atoms with Crippen LogP contribution in [0, 0.1) is 0 Å². The van der Waals surface area contributed by atoms with Crippen LogP contribution in [-0.4, -0.2) is 18.2 Å². The summed E-state index contributed by atoms with van der Waals surface area (Å²) in [5.41, 5.74) is 3.81. The largest absolute Gasteiger partial charge is 0.507 e. The average Bonchev–Trinajstić information content (AvgIpc) is 2.54. The molecule has 0 fully saturated rings. The summed E-state index contributed by atoms with van der Waals surface area (Å²) in [5, 5.41) is 10.1. The molecule has 2 aromatic carbocycles. The lowest BCUT2D eigenvalue weighted by Gasteiger charge is -2.09. The number of benzene rings is 2. The van der Waals surface area contributed by atoms with Gasteiger partial charge < -0.3 is 9.84 Å². The fraction of sp³-hybridized carbons (Fsp3) is 0.316. The van der Waals surface area contributed by atoms with Crippen molar-refractivity contribution in [2.75, 3.05) is 7.11 Å². The quantitative estimate of drug-likeness (QED) is 0.816. The van der Waals surface area contributed by atoms with Crippen molar-refractivity contribution in [3.63, 3.8) is 0 Å². The summed E-state index contributed by atoms with van der Waals surface area (Å²) in [4.78, 5) is 11.4. The fourth-order valence-corrected chi connectivity index (χ4v) is 2.44. The van der Waals surface area contributed by atoms with E-state index >= 15 is 0 Å². The van der Waals surface area contributed by atoms with E-state index in [-0.39, 0.29) is 18.1 Å². The standard InChI is InChI=1S/C19H22O3/c1-3-4-6-14-9-10-18(20)17(12-14)16-8-5-7-15(11-16)13-19(21)22-2/h5,7-12,20H,3-4,6,13H2,1-2H3. The second-order valence-corrected chi connectivity index (χ2v) is 5.41. The highest BCUT2D eigenvalue weighted by Gasteiger charge is 2.08. The topological polar surface area (TPSA) is 46.5 Å². The third kappa shape index (κ3) is 4.10. The van der Waals surface area contributed by atoms with Crippen LogP contribution in [0.15, 0.2) is 42.5 Å². The third-order valence-electron chi connectivity index (χ3n) is 3.69. The predicted octanol–water partition coefficient (Wildman–Crippen LogP) is 4.12.